The van der Waals surface area contributed by atoms with E-state index < -0.39 is 0 Å². The fraction of sp³-hybridized carbons (Fsp3) is 0.474. The van der Waals surface area contributed by atoms with Crippen LogP contribution in [0.2, 0.25) is 0 Å². The average molecular weight is 342 g/mol. The first-order valence-electron chi connectivity index (χ1n) is 8.75. The summed E-state index contributed by atoms with van der Waals surface area (Å²) in [5, 5.41) is 0. The first-order valence-corrected chi connectivity index (χ1v) is 8.75. The molecule has 2 aliphatic rings. The third-order valence-corrected chi connectivity index (χ3v) is 5.25. The lowest BCUT2D eigenvalue weighted by atomic mass is 9.89. The molecule has 1 saturated heterocycles. The summed E-state index contributed by atoms with van der Waals surface area (Å²) in [6, 6.07) is 5.48. The molecule has 4 rings (SSSR count). The number of carbonyl (C=O) groups is 1. The number of ether oxygens (including phenoxy) is 2. The monoisotopic (exact) mass is 342 g/mol. The summed E-state index contributed by atoms with van der Waals surface area (Å²) in [6.45, 7) is 2.37. The van der Waals surface area contributed by atoms with Gasteiger partial charge in [-0.1, -0.05) is 0 Å². The molecular formula is C19H22N2O4. The Morgan fingerprint density at radius 3 is 3.20 bits per heavy atom. The lowest BCUT2D eigenvalue weighted by Crippen LogP contribution is -2.56. The maximum absolute atomic E-state index is 12.7. The van der Waals surface area contributed by atoms with Crippen molar-refractivity contribution >= 4 is 5.91 Å². The number of rotatable bonds is 4. The summed E-state index contributed by atoms with van der Waals surface area (Å²) in [6.07, 6.45) is 9.59. The molecule has 1 amide bonds. The highest BCUT2D eigenvalue weighted by Crippen LogP contribution is 2.41. The second-order valence-electron chi connectivity index (χ2n) is 6.74. The Kier molecular flexibility index (Phi) is 4.44. The summed E-state index contributed by atoms with van der Waals surface area (Å²) in [5.74, 6) is 1.05. The zero-order valence-electron chi connectivity index (χ0n) is 14.1. The number of carbonyl (C=O) groups excluding carboxylic acids is 1. The first kappa shape index (κ1) is 16.1. The smallest absolute Gasteiger partial charge is 0.257 e. The zero-order chi connectivity index (χ0) is 17.1. The van der Waals surface area contributed by atoms with Crippen molar-refractivity contribution in [2.45, 2.75) is 24.9 Å². The largest absolute Gasteiger partial charge is 0.492 e. The van der Waals surface area contributed by atoms with Gasteiger partial charge in [0.05, 0.1) is 43.4 Å². The summed E-state index contributed by atoms with van der Waals surface area (Å²) < 4.78 is 17.2. The van der Waals surface area contributed by atoms with Crippen LogP contribution in [0.5, 0.6) is 5.75 Å². The number of pyridine rings is 1. The summed E-state index contributed by atoms with van der Waals surface area (Å²) in [7, 11) is 0. The molecule has 0 radical (unpaired) electrons. The van der Waals surface area contributed by atoms with Crippen LogP contribution in [0.1, 0.15) is 29.6 Å². The van der Waals surface area contributed by atoms with Crippen LogP contribution >= 0.6 is 0 Å². The molecule has 2 atom stereocenters. The van der Waals surface area contributed by atoms with Gasteiger partial charge in [-0.3, -0.25) is 9.78 Å². The van der Waals surface area contributed by atoms with Crippen molar-refractivity contribution in [1.82, 2.24) is 9.88 Å². The molecule has 2 aromatic heterocycles. The highest BCUT2D eigenvalue weighted by Gasteiger charge is 2.48. The van der Waals surface area contributed by atoms with Crippen molar-refractivity contribution in [1.29, 1.82) is 0 Å². The van der Waals surface area contributed by atoms with Crippen LogP contribution in [-0.4, -0.2) is 47.7 Å². The number of morpholine rings is 1. The predicted molar refractivity (Wildman–Crippen MR) is 90.4 cm³/mol. The van der Waals surface area contributed by atoms with E-state index in [-0.39, 0.29) is 17.4 Å². The van der Waals surface area contributed by atoms with Gasteiger partial charge >= 0.3 is 0 Å². The van der Waals surface area contributed by atoms with Crippen LogP contribution in [0.25, 0.3) is 0 Å². The Labute approximate surface area is 146 Å². The molecule has 6 nitrogen and oxygen atoms in total. The molecule has 6 heteroatoms. The lowest BCUT2D eigenvalue weighted by Gasteiger charge is -2.43. The van der Waals surface area contributed by atoms with Gasteiger partial charge in [-0.25, -0.2) is 0 Å². The zero-order valence-corrected chi connectivity index (χ0v) is 14.1. The number of amides is 1. The van der Waals surface area contributed by atoms with Gasteiger partial charge in [-0.2, -0.15) is 0 Å². The Hall–Kier alpha value is -2.34. The molecule has 25 heavy (non-hydrogen) atoms. The maximum atomic E-state index is 12.7. The highest BCUT2D eigenvalue weighted by atomic mass is 16.5. The van der Waals surface area contributed by atoms with E-state index in [0.29, 0.717) is 31.9 Å². The molecule has 0 aromatic carbocycles. The van der Waals surface area contributed by atoms with Gasteiger partial charge in [0, 0.05) is 18.7 Å². The molecule has 0 bridgehead atoms. The Bertz CT molecular complexity index is 703. The van der Waals surface area contributed by atoms with E-state index in [1.807, 2.05) is 17.0 Å². The van der Waals surface area contributed by atoms with Crippen LogP contribution in [0.3, 0.4) is 0 Å². The minimum atomic E-state index is -0.306. The van der Waals surface area contributed by atoms with Gasteiger partial charge in [0.2, 0.25) is 0 Å². The van der Waals surface area contributed by atoms with Crippen LogP contribution < -0.4 is 4.74 Å². The molecule has 2 aromatic rings. The highest BCUT2D eigenvalue weighted by molar-refractivity contribution is 5.93. The van der Waals surface area contributed by atoms with Gasteiger partial charge in [-0.15, -0.1) is 0 Å². The SMILES string of the molecule is O=C(c1ccoc1)N1CCO[C@]2(CCC[C@H]2COc2cccnc2)C1. The Morgan fingerprint density at radius 1 is 1.44 bits per heavy atom. The topological polar surface area (TPSA) is 64.8 Å². The number of furan rings is 1. The fourth-order valence-corrected chi connectivity index (χ4v) is 3.93. The molecule has 1 aliphatic carbocycles. The first-order chi connectivity index (χ1) is 12.3. The molecule has 2 fully saturated rings. The summed E-state index contributed by atoms with van der Waals surface area (Å²) >= 11 is 0. The third-order valence-electron chi connectivity index (χ3n) is 5.25. The van der Waals surface area contributed by atoms with Crippen LogP contribution in [0.15, 0.2) is 47.5 Å². The number of hydrogen-bond acceptors (Lipinski definition) is 5. The third kappa shape index (κ3) is 3.26. The second kappa shape index (κ2) is 6.88. The van der Waals surface area contributed by atoms with Crippen molar-refractivity contribution in [3.8, 4) is 5.75 Å². The summed E-state index contributed by atoms with van der Waals surface area (Å²) in [5.41, 5.74) is 0.290. The molecule has 3 heterocycles. The predicted octanol–water partition coefficient (Wildman–Crippen LogP) is 2.76. The fourth-order valence-electron chi connectivity index (χ4n) is 3.93. The minimum Gasteiger partial charge on any atom is -0.492 e. The number of aromatic nitrogens is 1. The average Bonchev–Trinajstić information content (AvgIpc) is 3.31. The number of hydrogen-bond donors (Lipinski definition) is 0. The normalized spacial score (nSPS) is 26.1. The van der Waals surface area contributed by atoms with Gasteiger partial charge in [-0.05, 0) is 37.5 Å². The second-order valence-corrected chi connectivity index (χ2v) is 6.74. The lowest BCUT2D eigenvalue weighted by molar-refractivity contribution is -0.126. The number of nitrogens with zero attached hydrogens (tertiary/aromatic N) is 2. The standard InChI is InChI=1S/C19H22N2O4/c22-18(15-5-9-23-12-15)21-8-10-25-19(14-21)6-1-3-16(19)13-24-17-4-2-7-20-11-17/h2,4-5,7,9,11-12,16H,1,3,6,8,10,13-14H2/t16-,19+/m0/s1. The van der Waals surface area contributed by atoms with Gasteiger partial charge in [0.1, 0.15) is 12.0 Å². The van der Waals surface area contributed by atoms with Crippen LogP contribution in [-0.2, 0) is 4.74 Å². The van der Waals surface area contributed by atoms with E-state index in [1.54, 1.807) is 18.5 Å². The van der Waals surface area contributed by atoms with Crippen molar-refractivity contribution in [3.05, 3.63) is 48.7 Å². The molecule has 132 valence electrons. The molecule has 1 saturated carbocycles. The van der Waals surface area contributed by atoms with E-state index in [9.17, 15) is 4.79 Å². The molecule has 1 spiro atoms. The Morgan fingerprint density at radius 2 is 2.40 bits per heavy atom. The van der Waals surface area contributed by atoms with E-state index in [4.69, 9.17) is 13.9 Å². The molecule has 0 unspecified atom stereocenters. The maximum Gasteiger partial charge on any atom is 0.257 e. The van der Waals surface area contributed by atoms with Crippen molar-refractivity contribution in [3.63, 3.8) is 0 Å². The molecular weight excluding hydrogens is 320 g/mol. The van der Waals surface area contributed by atoms with Crippen molar-refractivity contribution < 1.29 is 18.7 Å². The Balaban J connectivity index is 1.44. The van der Waals surface area contributed by atoms with E-state index in [2.05, 4.69) is 4.98 Å². The van der Waals surface area contributed by atoms with Crippen LogP contribution in [0.4, 0.5) is 0 Å². The van der Waals surface area contributed by atoms with E-state index in [0.717, 1.165) is 25.0 Å². The van der Waals surface area contributed by atoms with Gasteiger partial charge in [0.15, 0.2) is 0 Å². The quantitative estimate of drug-likeness (QED) is 0.855. The van der Waals surface area contributed by atoms with E-state index in [1.165, 1.54) is 12.5 Å². The van der Waals surface area contributed by atoms with Gasteiger partial charge in [0.25, 0.3) is 5.91 Å². The minimum absolute atomic E-state index is 0.00949. The molecule has 0 N–H and O–H groups in total. The molecule has 1 aliphatic heterocycles. The summed E-state index contributed by atoms with van der Waals surface area (Å²) in [4.78, 5) is 18.6. The van der Waals surface area contributed by atoms with Crippen molar-refractivity contribution in [2.75, 3.05) is 26.3 Å². The van der Waals surface area contributed by atoms with E-state index >= 15 is 0 Å². The van der Waals surface area contributed by atoms with Crippen molar-refractivity contribution in [2.24, 2.45) is 5.92 Å². The van der Waals surface area contributed by atoms with Crippen LogP contribution in [0, 0.1) is 5.92 Å². The van der Waals surface area contributed by atoms with Gasteiger partial charge < -0.3 is 18.8 Å².